The third-order valence-corrected chi connectivity index (χ3v) is 3.49. The van der Waals surface area contributed by atoms with Crippen LogP contribution in [0.25, 0.3) is 21.8 Å². The Bertz CT molecular complexity index is 770. The smallest absolute Gasteiger partial charge is 0.259 e. The Morgan fingerprint density at radius 3 is 2.89 bits per heavy atom. The molecule has 0 saturated carbocycles. The molecule has 3 rings (SSSR count). The number of rotatable bonds is 4. The van der Waals surface area contributed by atoms with Gasteiger partial charge >= 0.3 is 0 Å². The Morgan fingerprint density at radius 2 is 2.05 bits per heavy atom. The largest absolute Gasteiger partial charge is 0.321 e. The Kier molecular flexibility index (Phi) is 3.07. The molecule has 19 heavy (non-hydrogen) atoms. The Morgan fingerprint density at radius 1 is 1.21 bits per heavy atom. The van der Waals surface area contributed by atoms with Gasteiger partial charge in [0, 0.05) is 11.9 Å². The molecular weight excluding hydrogens is 238 g/mol. The van der Waals surface area contributed by atoms with Crippen LogP contribution in [0.5, 0.6) is 0 Å². The van der Waals surface area contributed by atoms with Crippen LogP contribution < -0.4 is 5.56 Å². The highest BCUT2D eigenvalue weighted by molar-refractivity contribution is 6.02. The molecule has 0 spiro atoms. The molecule has 0 bridgehead atoms. The van der Waals surface area contributed by atoms with Gasteiger partial charge in [0.25, 0.3) is 5.56 Å². The summed E-state index contributed by atoms with van der Waals surface area (Å²) in [6.07, 6.45) is 5.13. The monoisotopic (exact) mass is 255 g/mol. The molecule has 2 heterocycles. The topological polar surface area (TPSA) is 50.7 Å². The maximum atomic E-state index is 12.0. The molecule has 0 amide bonds. The fourth-order valence-electron chi connectivity index (χ4n) is 2.51. The minimum atomic E-state index is -0.0598. The van der Waals surface area contributed by atoms with Crippen molar-refractivity contribution in [2.75, 3.05) is 0 Å². The van der Waals surface area contributed by atoms with E-state index in [4.69, 9.17) is 0 Å². The van der Waals surface area contributed by atoms with Crippen molar-refractivity contribution < 1.29 is 0 Å². The summed E-state index contributed by atoms with van der Waals surface area (Å²) in [7, 11) is 0. The van der Waals surface area contributed by atoms with Gasteiger partial charge in [-0.3, -0.25) is 9.48 Å². The van der Waals surface area contributed by atoms with E-state index in [-0.39, 0.29) is 5.56 Å². The van der Waals surface area contributed by atoms with Crippen LogP contribution in [0.3, 0.4) is 0 Å². The minimum absolute atomic E-state index is 0.0598. The molecular formula is C15H17N3O. The summed E-state index contributed by atoms with van der Waals surface area (Å²) >= 11 is 0. The highest BCUT2D eigenvalue weighted by Crippen LogP contribution is 2.21. The number of aryl methyl sites for hydroxylation is 1. The lowest BCUT2D eigenvalue weighted by molar-refractivity contribution is 0.568. The van der Waals surface area contributed by atoms with Crippen molar-refractivity contribution in [1.82, 2.24) is 14.8 Å². The number of aromatic nitrogens is 3. The average Bonchev–Trinajstić information content (AvgIpc) is 2.84. The molecule has 0 aliphatic heterocycles. The lowest BCUT2D eigenvalue weighted by atomic mass is 10.1. The summed E-state index contributed by atoms with van der Waals surface area (Å²) in [5.74, 6) is 0. The maximum absolute atomic E-state index is 12.0. The maximum Gasteiger partial charge on any atom is 0.259 e. The van der Waals surface area contributed by atoms with Crippen LogP contribution in [0.4, 0.5) is 0 Å². The number of H-pyrrole nitrogens is 1. The zero-order valence-corrected chi connectivity index (χ0v) is 11.0. The van der Waals surface area contributed by atoms with E-state index in [1.54, 1.807) is 6.20 Å². The molecule has 98 valence electrons. The van der Waals surface area contributed by atoms with Gasteiger partial charge < -0.3 is 4.98 Å². The third kappa shape index (κ3) is 2.03. The lowest BCUT2D eigenvalue weighted by Crippen LogP contribution is -2.07. The molecule has 0 aliphatic carbocycles. The molecule has 1 N–H and O–H groups in total. The highest BCUT2D eigenvalue weighted by Gasteiger charge is 2.10. The van der Waals surface area contributed by atoms with Crippen LogP contribution in [0.2, 0.25) is 0 Å². The number of nitrogens with one attached hydrogen (secondary N) is 1. The van der Waals surface area contributed by atoms with Crippen LogP contribution in [0, 0.1) is 0 Å². The predicted molar refractivity (Wildman–Crippen MR) is 77.4 cm³/mol. The zero-order valence-electron chi connectivity index (χ0n) is 11.0. The third-order valence-electron chi connectivity index (χ3n) is 3.49. The van der Waals surface area contributed by atoms with Gasteiger partial charge in [-0.25, -0.2) is 0 Å². The van der Waals surface area contributed by atoms with E-state index in [1.165, 1.54) is 12.8 Å². The van der Waals surface area contributed by atoms with E-state index in [0.29, 0.717) is 5.39 Å². The quantitative estimate of drug-likeness (QED) is 0.728. The van der Waals surface area contributed by atoms with Gasteiger partial charge in [0.05, 0.1) is 22.6 Å². The van der Waals surface area contributed by atoms with E-state index in [0.717, 1.165) is 29.4 Å². The number of aromatic amines is 1. The minimum Gasteiger partial charge on any atom is -0.321 e. The van der Waals surface area contributed by atoms with Gasteiger partial charge in [-0.05, 0) is 12.5 Å². The van der Waals surface area contributed by atoms with Gasteiger partial charge in [-0.1, -0.05) is 38.0 Å². The number of hydrogen-bond donors (Lipinski definition) is 1. The molecule has 0 aliphatic rings. The Hall–Kier alpha value is -2.10. The van der Waals surface area contributed by atoms with E-state index >= 15 is 0 Å². The SMILES string of the molecule is CCCCCn1ncc2c(=O)[nH]c3ccccc3c21. The van der Waals surface area contributed by atoms with Gasteiger partial charge in [0.2, 0.25) is 0 Å². The summed E-state index contributed by atoms with van der Waals surface area (Å²) in [5, 5.41) is 6.11. The van der Waals surface area contributed by atoms with Crippen molar-refractivity contribution in [1.29, 1.82) is 0 Å². The van der Waals surface area contributed by atoms with Crippen molar-refractivity contribution in [2.24, 2.45) is 0 Å². The van der Waals surface area contributed by atoms with Gasteiger partial charge in [0.1, 0.15) is 0 Å². The number of hydrogen-bond acceptors (Lipinski definition) is 2. The van der Waals surface area contributed by atoms with Crippen molar-refractivity contribution in [2.45, 2.75) is 32.7 Å². The van der Waals surface area contributed by atoms with Crippen molar-refractivity contribution >= 4 is 21.8 Å². The number of benzene rings is 1. The zero-order chi connectivity index (χ0) is 13.2. The van der Waals surface area contributed by atoms with Gasteiger partial charge in [-0.2, -0.15) is 5.10 Å². The summed E-state index contributed by atoms with van der Waals surface area (Å²) in [4.78, 5) is 14.9. The first-order chi connectivity index (χ1) is 9.31. The average molecular weight is 255 g/mol. The fourth-order valence-corrected chi connectivity index (χ4v) is 2.51. The standard InChI is InChI=1S/C15H17N3O/c1-2-3-6-9-18-14-11-7-4-5-8-13(11)17-15(19)12(14)10-16-18/h4-5,7-8,10H,2-3,6,9H2,1H3,(H,17,19). The Balaban J connectivity index is 2.21. The van der Waals surface area contributed by atoms with Crippen LogP contribution in [-0.2, 0) is 6.54 Å². The molecule has 2 aromatic heterocycles. The van der Waals surface area contributed by atoms with Crippen molar-refractivity contribution in [3.63, 3.8) is 0 Å². The number of pyridine rings is 1. The number of nitrogens with zero attached hydrogens (tertiary/aromatic N) is 2. The molecule has 3 aromatic rings. The molecule has 0 atom stereocenters. The van der Waals surface area contributed by atoms with Gasteiger partial charge in [0.15, 0.2) is 0 Å². The first-order valence-electron chi connectivity index (χ1n) is 6.78. The van der Waals surface area contributed by atoms with Crippen LogP contribution >= 0.6 is 0 Å². The fraction of sp³-hybridized carbons (Fsp3) is 0.333. The second-order valence-electron chi connectivity index (χ2n) is 4.84. The van der Waals surface area contributed by atoms with Crippen molar-refractivity contribution in [3.05, 3.63) is 40.8 Å². The predicted octanol–water partition coefficient (Wildman–Crippen LogP) is 3.07. The first kappa shape index (κ1) is 12.0. The summed E-state index contributed by atoms with van der Waals surface area (Å²) in [6.45, 7) is 3.05. The normalized spacial score (nSPS) is 11.4. The van der Waals surface area contributed by atoms with E-state index in [2.05, 4.69) is 17.0 Å². The first-order valence-corrected chi connectivity index (χ1v) is 6.78. The molecule has 4 nitrogen and oxygen atoms in total. The molecule has 0 fully saturated rings. The molecule has 1 aromatic carbocycles. The van der Waals surface area contributed by atoms with E-state index in [1.807, 2.05) is 28.9 Å². The number of para-hydroxylation sites is 1. The molecule has 0 radical (unpaired) electrons. The van der Waals surface area contributed by atoms with Crippen LogP contribution in [-0.4, -0.2) is 14.8 Å². The Labute approximate surface area is 111 Å². The van der Waals surface area contributed by atoms with Crippen LogP contribution in [0.1, 0.15) is 26.2 Å². The summed E-state index contributed by atoms with van der Waals surface area (Å²) in [6, 6.07) is 7.89. The second-order valence-corrected chi connectivity index (χ2v) is 4.84. The lowest BCUT2D eigenvalue weighted by Gasteiger charge is -2.05. The van der Waals surface area contributed by atoms with Crippen molar-refractivity contribution in [3.8, 4) is 0 Å². The molecule has 4 heteroatoms. The highest BCUT2D eigenvalue weighted by atomic mass is 16.1. The van der Waals surface area contributed by atoms with Crippen LogP contribution in [0.15, 0.2) is 35.3 Å². The number of unbranched alkanes of at least 4 members (excludes halogenated alkanes) is 2. The molecule has 0 unspecified atom stereocenters. The number of fused-ring (bicyclic) bond motifs is 3. The van der Waals surface area contributed by atoms with E-state index < -0.39 is 0 Å². The second kappa shape index (κ2) is 4.88. The van der Waals surface area contributed by atoms with Gasteiger partial charge in [-0.15, -0.1) is 0 Å². The summed E-state index contributed by atoms with van der Waals surface area (Å²) in [5.41, 5.74) is 1.77. The van der Waals surface area contributed by atoms with E-state index in [9.17, 15) is 4.79 Å². The molecule has 0 saturated heterocycles. The summed E-state index contributed by atoms with van der Waals surface area (Å²) < 4.78 is 1.96.